The lowest BCUT2D eigenvalue weighted by atomic mass is 10.3. The molecule has 0 radical (unpaired) electrons. The minimum Gasteiger partial charge on any atom is -0.374 e. The van der Waals surface area contributed by atoms with Crippen molar-refractivity contribution in [2.24, 2.45) is 5.73 Å². The minimum atomic E-state index is 0.205. The van der Waals surface area contributed by atoms with Gasteiger partial charge >= 0.3 is 0 Å². The first-order valence-corrected chi connectivity index (χ1v) is 5.40. The summed E-state index contributed by atoms with van der Waals surface area (Å²) in [6, 6.07) is 1.95. The number of rotatable bonds is 4. The third-order valence-electron chi connectivity index (χ3n) is 2.69. The zero-order valence-electron chi connectivity index (χ0n) is 8.88. The van der Waals surface area contributed by atoms with Gasteiger partial charge in [-0.3, -0.25) is 9.58 Å². The van der Waals surface area contributed by atoms with Crippen LogP contribution in [-0.2, 0) is 11.3 Å². The van der Waals surface area contributed by atoms with Crippen molar-refractivity contribution in [1.29, 1.82) is 0 Å². The Morgan fingerprint density at radius 3 is 3.13 bits per heavy atom. The molecule has 2 N–H and O–H groups in total. The van der Waals surface area contributed by atoms with Crippen LogP contribution in [0.4, 0.5) is 0 Å². The third-order valence-corrected chi connectivity index (χ3v) is 2.69. The van der Waals surface area contributed by atoms with E-state index in [2.05, 4.69) is 10.00 Å². The van der Waals surface area contributed by atoms with Crippen molar-refractivity contribution in [3.8, 4) is 0 Å². The maximum absolute atomic E-state index is 5.59. The molecule has 0 saturated carbocycles. The smallest absolute Gasteiger partial charge is 0.0824 e. The van der Waals surface area contributed by atoms with Crippen molar-refractivity contribution in [2.75, 3.05) is 32.8 Å². The molecule has 1 atom stereocenters. The predicted octanol–water partition coefficient (Wildman–Crippen LogP) is -0.457. The summed E-state index contributed by atoms with van der Waals surface area (Å²) in [4.78, 5) is 2.38. The molecule has 1 fully saturated rings. The van der Waals surface area contributed by atoms with E-state index in [1.807, 2.05) is 23.1 Å². The summed E-state index contributed by atoms with van der Waals surface area (Å²) in [6.45, 7) is 5.29. The van der Waals surface area contributed by atoms with Gasteiger partial charge < -0.3 is 10.5 Å². The minimum absolute atomic E-state index is 0.205. The number of nitrogens with zero attached hydrogens (tertiary/aromatic N) is 3. The van der Waals surface area contributed by atoms with E-state index in [1.165, 1.54) is 0 Å². The highest BCUT2D eigenvalue weighted by Gasteiger charge is 2.18. The molecule has 0 amide bonds. The summed E-state index contributed by atoms with van der Waals surface area (Å²) < 4.78 is 7.46. The number of hydrogen-bond donors (Lipinski definition) is 1. The first-order valence-electron chi connectivity index (χ1n) is 5.40. The molecule has 1 saturated heterocycles. The lowest BCUT2D eigenvalue weighted by Crippen LogP contribution is -2.46. The van der Waals surface area contributed by atoms with E-state index in [9.17, 15) is 0 Å². The van der Waals surface area contributed by atoms with E-state index in [4.69, 9.17) is 10.5 Å². The summed E-state index contributed by atoms with van der Waals surface area (Å²) in [7, 11) is 0. The second-order valence-electron chi connectivity index (χ2n) is 3.80. The van der Waals surface area contributed by atoms with Gasteiger partial charge in [0, 0.05) is 38.6 Å². The molecule has 84 valence electrons. The summed E-state index contributed by atoms with van der Waals surface area (Å²) in [5, 5.41) is 4.17. The van der Waals surface area contributed by atoms with E-state index in [0.29, 0.717) is 6.54 Å². The fourth-order valence-corrected chi connectivity index (χ4v) is 1.80. The summed E-state index contributed by atoms with van der Waals surface area (Å²) in [5.74, 6) is 0. The fraction of sp³-hybridized carbons (Fsp3) is 0.700. The number of morpholine rings is 1. The molecule has 0 aliphatic carbocycles. The van der Waals surface area contributed by atoms with Crippen LogP contribution in [0.3, 0.4) is 0 Å². The Morgan fingerprint density at radius 1 is 1.47 bits per heavy atom. The van der Waals surface area contributed by atoms with Gasteiger partial charge in [0.2, 0.25) is 0 Å². The zero-order chi connectivity index (χ0) is 10.5. The normalized spacial score (nSPS) is 23.1. The average Bonchev–Trinajstić information content (AvgIpc) is 2.79. The van der Waals surface area contributed by atoms with Crippen molar-refractivity contribution in [1.82, 2.24) is 14.7 Å². The van der Waals surface area contributed by atoms with Gasteiger partial charge in [0.15, 0.2) is 0 Å². The van der Waals surface area contributed by atoms with Crippen molar-refractivity contribution in [2.45, 2.75) is 12.6 Å². The second-order valence-corrected chi connectivity index (χ2v) is 3.80. The highest BCUT2D eigenvalue weighted by Crippen LogP contribution is 2.03. The van der Waals surface area contributed by atoms with Crippen LogP contribution >= 0.6 is 0 Å². The largest absolute Gasteiger partial charge is 0.374 e. The van der Waals surface area contributed by atoms with E-state index >= 15 is 0 Å². The molecule has 1 aliphatic rings. The molecule has 1 aromatic rings. The van der Waals surface area contributed by atoms with Gasteiger partial charge in [0.1, 0.15) is 0 Å². The first kappa shape index (κ1) is 10.6. The lowest BCUT2D eigenvalue weighted by molar-refractivity contribution is -0.0242. The highest BCUT2D eigenvalue weighted by atomic mass is 16.5. The van der Waals surface area contributed by atoms with Crippen LogP contribution in [-0.4, -0.2) is 53.6 Å². The van der Waals surface area contributed by atoms with Crippen molar-refractivity contribution in [3.05, 3.63) is 18.5 Å². The molecule has 2 rings (SSSR count). The van der Waals surface area contributed by atoms with Gasteiger partial charge in [0.25, 0.3) is 0 Å². The van der Waals surface area contributed by atoms with Gasteiger partial charge in [0.05, 0.1) is 19.3 Å². The van der Waals surface area contributed by atoms with Crippen molar-refractivity contribution in [3.63, 3.8) is 0 Å². The fourth-order valence-electron chi connectivity index (χ4n) is 1.80. The Bertz CT molecular complexity index is 275. The molecule has 0 spiro atoms. The van der Waals surface area contributed by atoms with Gasteiger partial charge in [-0.1, -0.05) is 0 Å². The van der Waals surface area contributed by atoms with Gasteiger partial charge in [-0.15, -0.1) is 0 Å². The van der Waals surface area contributed by atoms with E-state index < -0.39 is 0 Å². The molecule has 1 unspecified atom stereocenters. The Kier molecular flexibility index (Phi) is 3.71. The Labute approximate surface area is 89.8 Å². The molecule has 0 aromatic carbocycles. The number of hydrogen-bond acceptors (Lipinski definition) is 4. The number of nitrogens with two attached hydrogens (primary N) is 1. The summed E-state index contributed by atoms with van der Waals surface area (Å²) in [5.41, 5.74) is 5.59. The van der Waals surface area contributed by atoms with Crippen LogP contribution in [0.25, 0.3) is 0 Å². The molecule has 1 aliphatic heterocycles. The highest BCUT2D eigenvalue weighted by molar-refractivity contribution is 4.78. The molecule has 2 heterocycles. The molecule has 15 heavy (non-hydrogen) atoms. The monoisotopic (exact) mass is 210 g/mol. The maximum atomic E-state index is 5.59. The number of aromatic nitrogens is 2. The Hall–Kier alpha value is -0.910. The molecular weight excluding hydrogens is 192 g/mol. The molecular formula is C10H18N4O. The first-order chi connectivity index (χ1) is 7.38. The molecule has 5 nitrogen and oxygen atoms in total. The summed E-state index contributed by atoms with van der Waals surface area (Å²) >= 11 is 0. The van der Waals surface area contributed by atoms with Crippen LogP contribution in [0.5, 0.6) is 0 Å². The van der Waals surface area contributed by atoms with Crippen LogP contribution in [0.2, 0.25) is 0 Å². The lowest BCUT2D eigenvalue weighted by Gasteiger charge is -2.32. The zero-order valence-corrected chi connectivity index (χ0v) is 8.88. The number of ether oxygens (including phenoxy) is 1. The quantitative estimate of drug-likeness (QED) is 0.731. The van der Waals surface area contributed by atoms with E-state index in [1.54, 1.807) is 0 Å². The van der Waals surface area contributed by atoms with Gasteiger partial charge in [-0.05, 0) is 6.07 Å². The molecule has 5 heteroatoms. The Morgan fingerprint density at radius 2 is 2.40 bits per heavy atom. The SMILES string of the molecule is NCC1CN(CCn2cccn2)CCO1. The van der Waals surface area contributed by atoms with Crippen LogP contribution in [0, 0.1) is 0 Å². The molecule has 0 bridgehead atoms. The topological polar surface area (TPSA) is 56.3 Å². The van der Waals surface area contributed by atoms with Gasteiger partial charge in [-0.25, -0.2) is 0 Å². The molecule has 1 aromatic heterocycles. The Balaban J connectivity index is 1.74. The van der Waals surface area contributed by atoms with Crippen LogP contribution in [0.15, 0.2) is 18.5 Å². The van der Waals surface area contributed by atoms with E-state index in [0.717, 1.165) is 32.8 Å². The third kappa shape index (κ3) is 3.02. The van der Waals surface area contributed by atoms with Crippen LogP contribution < -0.4 is 5.73 Å². The summed E-state index contributed by atoms with van der Waals surface area (Å²) in [6.07, 6.45) is 4.00. The maximum Gasteiger partial charge on any atom is 0.0824 e. The predicted molar refractivity (Wildman–Crippen MR) is 57.5 cm³/mol. The van der Waals surface area contributed by atoms with E-state index in [-0.39, 0.29) is 6.10 Å². The van der Waals surface area contributed by atoms with Crippen molar-refractivity contribution >= 4 is 0 Å². The van der Waals surface area contributed by atoms with Gasteiger partial charge in [-0.2, -0.15) is 5.10 Å². The average molecular weight is 210 g/mol. The standard InChI is InChI=1S/C10H18N4O/c11-8-10-9-13(6-7-15-10)4-5-14-3-1-2-12-14/h1-3,10H,4-9,11H2. The van der Waals surface area contributed by atoms with Crippen molar-refractivity contribution < 1.29 is 4.74 Å². The second kappa shape index (κ2) is 5.25. The van der Waals surface area contributed by atoms with Crippen LogP contribution in [0.1, 0.15) is 0 Å².